The second kappa shape index (κ2) is 9.10. The number of hydrogen-bond donors (Lipinski definition) is 1. The molecule has 0 aliphatic carbocycles. The molecule has 1 aromatic carbocycles. The number of nitrogens with one attached hydrogen (secondary N) is 1. The number of rotatable bonds is 5. The van der Waals surface area contributed by atoms with E-state index in [-0.39, 0.29) is 11.8 Å². The molecular weight excluding hydrogens is 365 g/mol. The number of halogens is 1. The van der Waals surface area contributed by atoms with E-state index in [2.05, 4.69) is 10.2 Å². The molecule has 0 unspecified atom stereocenters. The summed E-state index contributed by atoms with van der Waals surface area (Å²) in [6.07, 6.45) is 0.790. The lowest BCUT2D eigenvalue weighted by Gasteiger charge is -2.22. The molecule has 7 heteroatoms. The SMILES string of the molecule is Cc1ccsc1CNC(=O)CN1CCCN(C(=O)c2cccc(F)c2)CC1. The first kappa shape index (κ1) is 19.5. The van der Waals surface area contributed by atoms with E-state index in [0.717, 1.165) is 13.0 Å². The highest BCUT2D eigenvalue weighted by molar-refractivity contribution is 7.10. The van der Waals surface area contributed by atoms with E-state index in [9.17, 15) is 14.0 Å². The van der Waals surface area contributed by atoms with E-state index < -0.39 is 5.82 Å². The summed E-state index contributed by atoms with van der Waals surface area (Å²) in [6.45, 7) is 5.46. The van der Waals surface area contributed by atoms with Crippen molar-refractivity contribution >= 4 is 23.2 Å². The second-order valence-electron chi connectivity index (χ2n) is 6.74. The molecule has 144 valence electrons. The van der Waals surface area contributed by atoms with Crippen LogP contribution in [-0.4, -0.2) is 54.3 Å². The van der Waals surface area contributed by atoms with Crippen LogP contribution < -0.4 is 5.32 Å². The smallest absolute Gasteiger partial charge is 0.254 e. The first-order valence-electron chi connectivity index (χ1n) is 9.10. The minimum Gasteiger partial charge on any atom is -0.350 e. The van der Waals surface area contributed by atoms with Crippen molar-refractivity contribution in [2.75, 3.05) is 32.7 Å². The number of carbonyl (C=O) groups excluding carboxylic acids is 2. The Morgan fingerprint density at radius 3 is 2.78 bits per heavy atom. The number of amides is 2. The van der Waals surface area contributed by atoms with E-state index in [4.69, 9.17) is 0 Å². The van der Waals surface area contributed by atoms with Crippen LogP contribution in [-0.2, 0) is 11.3 Å². The van der Waals surface area contributed by atoms with Crippen LogP contribution in [0.2, 0.25) is 0 Å². The van der Waals surface area contributed by atoms with Gasteiger partial charge in [0.15, 0.2) is 0 Å². The summed E-state index contributed by atoms with van der Waals surface area (Å²) < 4.78 is 13.4. The molecule has 0 radical (unpaired) electrons. The second-order valence-corrected chi connectivity index (χ2v) is 7.74. The standard InChI is InChI=1S/C20H24FN3O2S/c1-15-6-11-27-18(15)13-22-19(25)14-23-7-3-8-24(10-9-23)20(26)16-4-2-5-17(21)12-16/h2,4-6,11-12H,3,7-10,13-14H2,1H3,(H,22,25). The maximum absolute atomic E-state index is 13.4. The molecule has 27 heavy (non-hydrogen) atoms. The fourth-order valence-electron chi connectivity index (χ4n) is 3.16. The third kappa shape index (κ3) is 5.37. The van der Waals surface area contributed by atoms with Crippen molar-refractivity contribution in [3.05, 3.63) is 57.5 Å². The molecule has 2 amide bonds. The van der Waals surface area contributed by atoms with Crippen LogP contribution in [0.1, 0.15) is 27.2 Å². The number of thiophene rings is 1. The fourth-order valence-corrected chi connectivity index (χ4v) is 4.01. The molecule has 2 heterocycles. The van der Waals surface area contributed by atoms with Gasteiger partial charge in [-0.3, -0.25) is 14.5 Å². The number of carbonyl (C=O) groups is 2. The predicted molar refractivity (Wildman–Crippen MR) is 104 cm³/mol. The molecule has 0 spiro atoms. The quantitative estimate of drug-likeness (QED) is 0.855. The van der Waals surface area contributed by atoms with Crippen molar-refractivity contribution < 1.29 is 14.0 Å². The van der Waals surface area contributed by atoms with Gasteiger partial charge in [0.25, 0.3) is 5.91 Å². The van der Waals surface area contributed by atoms with Gasteiger partial charge in [-0.25, -0.2) is 4.39 Å². The average molecular weight is 389 g/mol. The van der Waals surface area contributed by atoms with Gasteiger partial charge in [0.05, 0.1) is 13.1 Å². The zero-order chi connectivity index (χ0) is 19.2. The Balaban J connectivity index is 1.48. The van der Waals surface area contributed by atoms with Crippen molar-refractivity contribution in [2.45, 2.75) is 19.9 Å². The highest BCUT2D eigenvalue weighted by Crippen LogP contribution is 2.15. The molecule has 1 aliphatic rings. The van der Waals surface area contributed by atoms with Gasteiger partial charge in [0.1, 0.15) is 5.82 Å². The lowest BCUT2D eigenvalue weighted by molar-refractivity contribution is -0.122. The van der Waals surface area contributed by atoms with E-state index in [1.807, 2.05) is 18.4 Å². The molecule has 0 bridgehead atoms. The minimum atomic E-state index is -0.407. The van der Waals surface area contributed by atoms with Crippen LogP contribution in [0, 0.1) is 12.7 Å². The Labute approximate surface area is 162 Å². The van der Waals surface area contributed by atoms with Crippen molar-refractivity contribution in [3.63, 3.8) is 0 Å². The molecule has 1 aromatic heterocycles. The van der Waals surface area contributed by atoms with Gasteiger partial charge in [-0.05, 0) is 48.6 Å². The molecule has 0 saturated carbocycles. The summed E-state index contributed by atoms with van der Waals surface area (Å²) in [5, 5.41) is 4.99. The molecule has 1 aliphatic heterocycles. The Morgan fingerprint density at radius 1 is 1.19 bits per heavy atom. The molecule has 1 saturated heterocycles. The first-order valence-corrected chi connectivity index (χ1v) is 9.98. The van der Waals surface area contributed by atoms with E-state index in [1.54, 1.807) is 28.4 Å². The number of benzene rings is 1. The third-order valence-corrected chi connectivity index (χ3v) is 5.75. The van der Waals surface area contributed by atoms with Gasteiger partial charge in [-0.2, -0.15) is 0 Å². The summed E-state index contributed by atoms with van der Waals surface area (Å²) in [5.74, 6) is -0.573. The number of nitrogens with zero attached hydrogens (tertiary/aromatic N) is 2. The summed E-state index contributed by atoms with van der Waals surface area (Å²) >= 11 is 1.64. The molecule has 5 nitrogen and oxygen atoms in total. The molecule has 0 atom stereocenters. The maximum Gasteiger partial charge on any atom is 0.254 e. The Kier molecular flexibility index (Phi) is 6.58. The molecule has 1 fully saturated rings. The zero-order valence-corrected chi connectivity index (χ0v) is 16.2. The van der Waals surface area contributed by atoms with Crippen molar-refractivity contribution in [2.24, 2.45) is 0 Å². The van der Waals surface area contributed by atoms with E-state index >= 15 is 0 Å². The van der Waals surface area contributed by atoms with Crippen LogP contribution in [0.4, 0.5) is 4.39 Å². The fraction of sp³-hybridized carbons (Fsp3) is 0.400. The normalized spacial score (nSPS) is 15.4. The monoisotopic (exact) mass is 389 g/mol. The van der Waals surface area contributed by atoms with Crippen LogP contribution in [0.5, 0.6) is 0 Å². The summed E-state index contributed by atoms with van der Waals surface area (Å²) in [7, 11) is 0. The summed E-state index contributed by atoms with van der Waals surface area (Å²) in [4.78, 5) is 29.8. The predicted octanol–water partition coefficient (Wildman–Crippen LogP) is 2.66. The molecule has 2 aromatic rings. The average Bonchev–Trinajstić information content (AvgIpc) is 2.92. The highest BCUT2D eigenvalue weighted by atomic mass is 32.1. The van der Waals surface area contributed by atoms with Gasteiger partial charge < -0.3 is 10.2 Å². The topological polar surface area (TPSA) is 52.7 Å². The number of aryl methyl sites for hydroxylation is 1. The van der Waals surface area contributed by atoms with Crippen LogP contribution in [0.15, 0.2) is 35.7 Å². The molecular formula is C20H24FN3O2S. The van der Waals surface area contributed by atoms with Gasteiger partial charge >= 0.3 is 0 Å². The zero-order valence-electron chi connectivity index (χ0n) is 15.4. The lowest BCUT2D eigenvalue weighted by atomic mass is 10.2. The summed E-state index contributed by atoms with van der Waals surface area (Å²) in [5.41, 5.74) is 1.56. The van der Waals surface area contributed by atoms with Gasteiger partial charge in [-0.1, -0.05) is 6.07 Å². The van der Waals surface area contributed by atoms with Crippen LogP contribution in [0.3, 0.4) is 0 Å². The largest absolute Gasteiger partial charge is 0.350 e. The van der Waals surface area contributed by atoms with Crippen molar-refractivity contribution in [1.82, 2.24) is 15.1 Å². The van der Waals surface area contributed by atoms with Crippen LogP contribution >= 0.6 is 11.3 Å². The first-order chi connectivity index (χ1) is 13.0. The lowest BCUT2D eigenvalue weighted by Crippen LogP contribution is -2.39. The number of hydrogen-bond acceptors (Lipinski definition) is 4. The Bertz CT molecular complexity index is 808. The van der Waals surface area contributed by atoms with Gasteiger partial charge in [0.2, 0.25) is 5.91 Å². The molecule has 3 rings (SSSR count). The van der Waals surface area contributed by atoms with Gasteiger partial charge in [-0.15, -0.1) is 11.3 Å². The van der Waals surface area contributed by atoms with E-state index in [1.165, 1.54) is 22.6 Å². The van der Waals surface area contributed by atoms with Crippen LogP contribution in [0.25, 0.3) is 0 Å². The van der Waals surface area contributed by atoms with Crippen molar-refractivity contribution in [3.8, 4) is 0 Å². The van der Waals surface area contributed by atoms with E-state index in [0.29, 0.717) is 38.3 Å². The summed E-state index contributed by atoms with van der Waals surface area (Å²) in [6, 6.07) is 7.83. The highest BCUT2D eigenvalue weighted by Gasteiger charge is 2.21. The maximum atomic E-state index is 13.4. The van der Waals surface area contributed by atoms with Crippen molar-refractivity contribution in [1.29, 1.82) is 0 Å². The Hall–Kier alpha value is -2.25. The minimum absolute atomic E-state index is 0.00675. The third-order valence-electron chi connectivity index (χ3n) is 4.73. The Morgan fingerprint density at radius 2 is 2.04 bits per heavy atom. The molecule has 1 N–H and O–H groups in total. The van der Waals surface area contributed by atoms with Gasteiger partial charge in [0, 0.05) is 36.6 Å².